The molecule has 1 N–H and O–H groups in total. The van der Waals surface area contributed by atoms with Crippen molar-refractivity contribution in [3.8, 4) is 0 Å². The van der Waals surface area contributed by atoms with Gasteiger partial charge >= 0.3 is 0 Å². The molecule has 3 heteroatoms. The summed E-state index contributed by atoms with van der Waals surface area (Å²) in [5, 5.41) is 3.71. The Hall–Kier alpha value is -0.600. The molecule has 1 nitrogen and oxygen atoms in total. The van der Waals surface area contributed by atoms with Crippen LogP contribution in [0.2, 0.25) is 5.02 Å². The molecule has 18 heavy (non-hydrogen) atoms. The summed E-state index contributed by atoms with van der Waals surface area (Å²) in [7, 11) is 0. The Labute approximate surface area is 113 Å². The zero-order valence-electron chi connectivity index (χ0n) is 10.7. The van der Waals surface area contributed by atoms with E-state index in [0.29, 0.717) is 11.3 Å². The molecular weight excluding hydrogens is 249 g/mol. The van der Waals surface area contributed by atoms with Crippen molar-refractivity contribution < 1.29 is 4.39 Å². The molecule has 0 aromatic heterocycles. The summed E-state index contributed by atoms with van der Waals surface area (Å²) in [4.78, 5) is 0. The fourth-order valence-electron chi connectivity index (χ4n) is 3.65. The van der Waals surface area contributed by atoms with Crippen molar-refractivity contribution in [2.45, 2.75) is 32.1 Å². The Morgan fingerprint density at radius 3 is 2.83 bits per heavy atom. The lowest BCUT2D eigenvalue weighted by Crippen LogP contribution is -2.50. The summed E-state index contributed by atoms with van der Waals surface area (Å²) >= 11 is 5.86. The maximum atomic E-state index is 13.2. The zero-order valence-corrected chi connectivity index (χ0v) is 11.4. The van der Waals surface area contributed by atoms with Gasteiger partial charge in [-0.1, -0.05) is 24.6 Å². The molecule has 0 amide bonds. The van der Waals surface area contributed by atoms with Crippen molar-refractivity contribution in [3.63, 3.8) is 0 Å². The molecule has 1 heterocycles. The highest BCUT2D eigenvalue weighted by Gasteiger charge is 2.48. The lowest BCUT2D eigenvalue weighted by molar-refractivity contribution is 0.00633. The topological polar surface area (TPSA) is 12.0 Å². The lowest BCUT2D eigenvalue weighted by atomic mass is 9.52. The molecule has 1 saturated carbocycles. The third-order valence-electron chi connectivity index (χ3n) is 5.02. The third-order valence-corrected chi connectivity index (χ3v) is 5.31. The van der Waals surface area contributed by atoms with Gasteiger partial charge in [0.25, 0.3) is 0 Å². The number of halogens is 2. The van der Waals surface area contributed by atoms with E-state index in [2.05, 4.69) is 12.2 Å². The van der Waals surface area contributed by atoms with Crippen molar-refractivity contribution in [2.75, 3.05) is 13.1 Å². The fourth-order valence-corrected chi connectivity index (χ4v) is 3.84. The van der Waals surface area contributed by atoms with E-state index >= 15 is 0 Å². The van der Waals surface area contributed by atoms with Crippen LogP contribution in [0.1, 0.15) is 37.7 Å². The summed E-state index contributed by atoms with van der Waals surface area (Å²) in [5.74, 6) is 1.01. The van der Waals surface area contributed by atoms with Gasteiger partial charge in [0.15, 0.2) is 0 Å². The minimum atomic E-state index is -0.315. The van der Waals surface area contributed by atoms with Crippen LogP contribution in [0, 0.1) is 17.2 Å². The van der Waals surface area contributed by atoms with Crippen LogP contribution in [0.15, 0.2) is 18.2 Å². The average molecular weight is 268 g/mol. The first kappa shape index (κ1) is 12.4. The Morgan fingerprint density at radius 1 is 1.39 bits per heavy atom. The number of piperidine rings is 1. The highest BCUT2D eigenvalue weighted by Crippen LogP contribution is 2.58. The first-order valence-corrected chi connectivity index (χ1v) is 7.14. The van der Waals surface area contributed by atoms with Crippen molar-refractivity contribution in [1.82, 2.24) is 5.32 Å². The Balaban J connectivity index is 1.72. The molecule has 1 atom stereocenters. The van der Waals surface area contributed by atoms with Gasteiger partial charge in [0.05, 0.1) is 5.02 Å². The van der Waals surface area contributed by atoms with Crippen LogP contribution in [0.3, 0.4) is 0 Å². The first-order chi connectivity index (χ1) is 8.61. The summed E-state index contributed by atoms with van der Waals surface area (Å²) in [5.41, 5.74) is 1.73. The molecule has 1 aliphatic carbocycles. The molecular formula is C15H19ClFN. The molecule has 1 aromatic carbocycles. The molecule has 0 radical (unpaired) electrons. The summed E-state index contributed by atoms with van der Waals surface area (Å²) in [6.07, 6.45) is 3.75. The largest absolute Gasteiger partial charge is 0.316 e. The van der Waals surface area contributed by atoms with E-state index in [0.717, 1.165) is 19.0 Å². The van der Waals surface area contributed by atoms with Crippen LogP contribution < -0.4 is 5.32 Å². The number of hydrogen-bond donors (Lipinski definition) is 1. The second-order valence-corrected chi connectivity index (χ2v) is 6.40. The molecule has 1 saturated heterocycles. The normalized spacial score (nSPS) is 35.5. The minimum absolute atomic E-state index is 0.256. The van der Waals surface area contributed by atoms with E-state index in [1.165, 1.54) is 30.9 Å². The lowest BCUT2D eigenvalue weighted by Gasteiger charge is -2.54. The van der Waals surface area contributed by atoms with Gasteiger partial charge in [-0.05, 0) is 67.3 Å². The fraction of sp³-hybridized carbons (Fsp3) is 0.600. The molecule has 2 aliphatic rings. The minimum Gasteiger partial charge on any atom is -0.316 e. The number of nitrogens with one attached hydrogen (secondary N) is 1. The van der Waals surface area contributed by atoms with Crippen molar-refractivity contribution in [3.05, 3.63) is 34.6 Å². The van der Waals surface area contributed by atoms with Crippen LogP contribution in [-0.2, 0) is 0 Å². The van der Waals surface area contributed by atoms with E-state index in [9.17, 15) is 4.39 Å². The van der Waals surface area contributed by atoms with E-state index < -0.39 is 0 Å². The quantitative estimate of drug-likeness (QED) is 0.812. The SMILES string of the molecule is CC1CNCCC12CC(c1ccc(F)c(Cl)c1)C2. The smallest absolute Gasteiger partial charge is 0.141 e. The Bertz CT molecular complexity index is 454. The maximum absolute atomic E-state index is 13.2. The first-order valence-electron chi connectivity index (χ1n) is 6.76. The number of rotatable bonds is 1. The van der Waals surface area contributed by atoms with E-state index in [4.69, 9.17) is 11.6 Å². The molecule has 1 aromatic rings. The van der Waals surface area contributed by atoms with Gasteiger partial charge in [-0.3, -0.25) is 0 Å². The Kier molecular flexibility index (Phi) is 3.11. The van der Waals surface area contributed by atoms with Gasteiger partial charge in [0.2, 0.25) is 0 Å². The molecule has 1 aliphatic heterocycles. The summed E-state index contributed by atoms with van der Waals surface area (Å²) in [6.45, 7) is 4.62. The Morgan fingerprint density at radius 2 is 2.17 bits per heavy atom. The summed E-state index contributed by atoms with van der Waals surface area (Å²) < 4.78 is 13.2. The standard InChI is InChI=1S/C15H19ClFN/c1-10-9-18-5-4-15(10)7-12(8-15)11-2-3-14(17)13(16)6-11/h2-3,6,10,12,18H,4-5,7-9H2,1H3. The number of hydrogen-bond acceptors (Lipinski definition) is 1. The van der Waals surface area contributed by atoms with Crippen molar-refractivity contribution in [2.24, 2.45) is 11.3 Å². The summed E-state index contributed by atoms with van der Waals surface area (Å²) in [6, 6.07) is 5.19. The van der Waals surface area contributed by atoms with Gasteiger partial charge in [-0.2, -0.15) is 0 Å². The second kappa shape index (κ2) is 4.50. The monoisotopic (exact) mass is 267 g/mol. The maximum Gasteiger partial charge on any atom is 0.141 e. The van der Waals surface area contributed by atoms with Crippen molar-refractivity contribution in [1.29, 1.82) is 0 Å². The highest BCUT2D eigenvalue weighted by molar-refractivity contribution is 6.30. The van der Waals surface area contributed by atoms with E-state index in [-0.39, 0.29) is 10.8 Å². The molecule has 3 rings (SSSR count). The predicted octanol–water partition coefficient (Wildman–Crippen LogP) is 3.97. The molecule has 2 fully saturated rings. The van der Waals surface area contributed by atoms with E-state index in [1.807, 2.05) is 6.07 Å². The molecule has 1 unspecified atom stereocenters. The molecule has 98 valence electrons. The second-order valence-electron chi connectivity index (χ2n) is 6.00. The molecule has 0 bridgehead atoms. The van der Waals surface area contributed by atoms with Gasteiger partial charge < -0.3 is 5.32 Å². The van der Waals surface area contributed by atoms with E-state index in [1.54, 1.807) is 6.07 Å². The molecule has 1 spiro atoms. The zero-order chi connectivity index (χ0) is 12.8. The third kappa shape index (κ3) is 1.96. The van der Waals surface area contributed by atoms with Crippen LogP contribution in [0.4, 0.5) is 4.39 Å². The van der Waals surface area contributed by atoms with Crippen LogP contribution in [-0.4, -0.2) is 13.1 Å². The average Bonchev–Trinajstić information content (AvgIpc) is 2.31. The highest BCUT2D eigenvalue weighted by atomic mass is 35.5. The van der Waals surface area contributed by atoms with Crippen LogP contribution in [0.5, 0.6) is 0 Å². The van der Waals surface area contributed by atoms with Gasteiger partial charge in [0, 0.05) is 0 Å². The van der Waals surface area contributed by atoms with Crippen LogP contribution in [0.25, 0.3) is 0 Å². The van der Waals surface area contributed by atoms with Gasteiger partial charge in [0.1, 0.15) is 5.82 Å². The number of benzene rings is 1. The van der Waals surface area contributed by atoms with Gasteiger partial charge in [-0.25, -0.2) is 4.39 Å². The van der Waals surface area contributed by atoms with Crippen molar-refractivity contribution >= 4 is 11.6 Å². The predicted molar refractivity (Wildman–Crippen MR) is 72.5 cm³/mol. The van der Waals surface area contributed by atoms with Crippen LogP contribution >= 0.6 is 11.6 Å². The van der Waals surface area contributed by atoms with Gasteiger partial charge in [-0.15, -0.1) is 0 Å².